The number of hydrogen-bond acceptors (Lipinski definition) is 4. The van der Waals surface area contributed by atoms with Gasteiger partial charge in [-0.15, -0.1) is 0 Å². The Morgan fingerprint density at radius 1 is 1.21 bits per heavy atom. The second-order valence-electron chi connectivity index (χ2n) is 3.24. The lowest BCUT2D eigenvalue weighted by Crippen LogP contribution is -2.02. The molecule has 2 rings (SSSR count). The van der Waals surface area contributed by atoms with Gasteiger partial charge in [-0.2, -0.15) is 0 Å². The van der Waals surface area contributed by atoms with E-state index in [-0.39, 0.29) is 12.1 Å². The summed E-state index contributed by atoms with van der Waals surface area (Å²) in [5, 5.41) is 12.1. The molecule has 0 aromatic carbocycles. The molecule has 0 saturated carbocycles. The minimum Gasteiger partial charge on any atom is -0.391 e. The summed E-state index contributed by atoms with van der Waals surface area (Å²) in [6.45, 7) is 2.62. The first-order chi connectivity index (χ1) is 6.83. The molecule has 1 N–H and O–H groups in total. The third kappa shape index (κ3) is 4.43. The van der Waals surface area contributed by atoms with Crippen LogP contribution >= 0.6 is 0 Å². The molecule has 2 atom stereocenters. The summed E-state index contributed by atoms with van der Waals surface area (Å²) in [5.41, 5.74) is 7.93. The van der Waals surface area contributed by atoms with Crippen LogP contribution in [0.5, 0.6) is 0 Å². The molecule has 2 aliphatic heterocycles. The van der Waals surface area contributed by atoms with Crippen LogP contribution in [-0.2, 0) is 9.47 Å². The van der Waals surface area contributed by atoms with Crippen molar-refractivity contribution in [3.8, 4) is 0 Å². The molecule has 0 spiro atoms. The van der Waals surface area contributed by atoms with Crippen LogP contribution in [0.1, 0.15) is 12.8 Å². The number of hydrogen-bond donors (Lipinski definition) is 1. The lowest BCUT2D eigenvalue weighted by atomic mass is 10.3. The third-order valence-electron chi connectivity index (χ3n) is 2.03. The Labute approximate surface area is 82.4 Å². The van der Waals surface area contributed by atoms with Crippen molar-refractivity contribution in [1.29, 1.82) is 0 Å². The van der Waals surface area contributed by atoms with Gasteiger partial charge in [0.05, 0.1) is 25.4 Å². The van der Waals surface area contributed by atoms with Crippen molar-refractivity contribution < 1.29 is 14.6 Å². The molecule has 0 radical (unpaired) electrons. The van der Waals surface area contributed by atoms with E-state index >= 15 is 0 Å². The van der Waals surface area contributed by atoms with Gasteiger partial charge in [-0.25, -0.2) is 0 Å². The molecule has 0 aromatic heterocycles. The van der Waals surface area contributed by atoms with Crippen molar-refractivity contribution in [2.45, 2.75) is 25.0 Å². The van der Waals surface area contributed by atoms with Gasteiger partial charge < -0.3 is 14.6 Å². The van der Waals surface area contributed by atoms with E-state index in [0.29, 0.717) is 13.2 Å². The zero-order valence-corrected chi connectivity index (χ0v) is 8.00. The highest BCUT2D eigenvalue weighted by Crippen LogP contribution is 2.06. The molecule has 0 unspecified atom stereocenters. The smallest absolute Gasteiger partial charge is 0.0795 e. The van der Waals surface area contributed by atoms with Crippen LogP contribution in [0.15, 0.2) is 5.11 Å². The minimum absolute atomic E-state index is 0.0972. The Morgan fingerprint density at radius 2 is 1.93 bits per heavy atom. The molecule has 2 heterocycles. The molecule has 0 bridgehead atoms. The lowest BCUT2D eigenvalue weighted by Gasteiger charge is -1.90. The monoisotopic (exact) mass is 201 g/mol. The van der Waals surface area contributed by atoms with E-state index in [1.165, 1.54) is 0 Å². The molecule has 0 aliphatic carbocycles. The maximum atomic E-state index is 8.60. The molecule has 2 saturated heterocycles. The average molecular weight is 201 g/mol. The van der Waals surface area contributed by atoms with Crippen LogP contribution in [0.4, 0.5) is 0 Å². The molecule has 14 heavy (non-hydrogen) atoms. The number of aliphatic hydroxyl groups excluding tert-OH is 1. The van der Waals surface area contributed by atoms with Crippen molar-refractivity contribution in [2.75, 3.05) is 26.4 Å². The summed E-state index contributed by atoms with van der Waals surface area (Å²) < 4.78 is 9.75. The Morgan fingerprint density at radius 3 is 2.29 bits per heavy atom. The first-order valence-electron chi connectivity index (χ1n) is 4.70. The summed E-state index contributed by atoms with van der Waals surface area (Å²) in [6.07, 6.45) is 1.52. The molecule has 0 aromatic rings. The fraction of sp³-hybridized carbons (Fsp3) is 1.00. The van der Waals surface area contributed by atoms with Gasteiger partial charge in [-0.3, -0.25) is 0 Å². The number of nitrogens with zero attached hydrogens (tertiary/aromatic N) is 3. The Balaban J connectivity index is 0.000000146. The highest BCUT2D eigenvalue weighted by Gasteiger charge is 2.12. The van der Waals surface area contributed by atoms with Crippen molar-refractivity contribution in [1.82, 2.24) is 0 Å². The highest BCUT2D eigenvalue weighted by atomic mass is 16.5. The van der Waals surface area contributed by atoms with Crippen molar-refractivity contribution in [3.63, 3.8) is 0 Å². The van der Waals surface area contributed by atoms with E-state index in [1.807, 2.05) is 0 Å². The number of rotatable bonds is 1. The largest absolute Gasteiger partial charge is 0.391 e. The Bertz CT molecular complexity index is 194. The zero-order valence-electron chi connectivity index (χ0n) is 8.00. The summed E-state index contributed by atoms with van der Waals surface area (Å²) >= 11 is 0. The van der Waals surface area contributed by atoms with E-state index in [9.17, 15) is 0 Å². The fourth-order valence-corrected chi connectivity index (χ4v) is 1.21. The second kappa shape index (κ2) is 6.62. The zero-order chi connectivity index (χ0) is 10.2. The first-order valence-corrected chi connectivity index (χ1v) is 4.70. The van der Waals surface area contributed by atoms with Gasteiger partial charge in [-0.05, 0) is 18.4 Å². The van der Waals surface area contributed by atoms with Crippen molar-refractivity contribution in [2.24, 2.45) is 5.11 Å². The molecule has 6 heteroatoms. The van der Waals surface area contributed by atoms with Gasteiger partial charge in [-0.1, -0.05) is 5.11 Å². The standard InChI is InChI=1S/C4H7N3O.C4H8O2/c5-7-6-4-1-2-8-3-4;5-4-1-2-6-3-4/h4H,1-3H2;4-5H,1-3H2/t2*4-/m10/s1. The van der Waals surface area contributed by atoms with E-state index in [1.54, 1.807) is 0 Å². The van der Waals surface area contributed by atoms with Crippen LogP contribution < -0.4 is 0 Å². The second-order valence-corrected chi connectivity index (χ2v) is 3.24. The quantitative estimate of drug-likeness (QED) is 0.387. The van der Waals surface area contributed by atoms with Gasteiger partial charge in [0.15, 0.2) is 0 Å². The number of azide groups is 1. The van der Waals surface area contributed by atoms with E-state index in [0.717, 1.165) is 26.1 Å². The van der Waals surface area contributed by atoms with E-state index < -0.39 is 0 Å². The maximum absolute atomic E-state index is 8.60. The van der Waals surface area contributed by atoms with Gasteiger partial charge in [0.1, 0.15) is 0 Å². The predicted molar refractivity (Wildman–Crippen MR) is 49.8 cm³/mol. The third-order valence-corrected chi connectivity index (χ3v) is 2.03. The lowest BCUT2D eigenvalue weighted by molar-refractivity contribution is 0.127. The molecule has 80 valence electrons. The van der Waals surface area contributed by atoms with Crippen LogP contribution in [0, 0.1) is 0 Å². The molecule has 6 nitrogen and oxygen atoms in total. The summed E-state index contributed by atoms with van der Waals surface area (Å²) in [4.78, 5) is 2.66. The topological polar surface area (TPSA) is 87.5 Å². The first kappa shape index (κ1) is 11.3. The van der Waals surface area contributed by atoms with Crippen molar-refractivity contribution in [3.05, 3.63) is 10.4 Å². The maximum Gasteiger partial charge on any atom is 0.0795 e. The summed E-state index contributed by atoms with van der Waals surface area (Å²) in [7, 11) is 0. The highest BCUT2D eigenvalue weighted by molar-refractivity contribution is 4.70. The van der Waals surface area contributed by atoms with E-state index in [2.05, 4.69) is 10.0 Å². The number of ether oxygens (including phenoxy) is 2. The summed E-state index contributed by atoms with van der Waals surface area (Å²) in [5.74, 6) is 0. The minimum atomic E-state index is -0.176. The average Bonchev–Trinajstić information content (AvgIpc) is 2.79. The Kier molecular flexibility index (Phi) is 5.32. The van der Waals surface area contributed by atoms with Crippen LogP contribution in [0.2, 0.25) is 0 Å². The molecule has 2 fully saturated rings. The van der Waals surface area contributed by atoms with Crippen LogP contribution in [-0.4, -0.2) is 43.7 Å². The summed E-state index contributed by atoms with van der Waals surface area (Å²) in [6, 6.07) is 0.0972. The molecular formula is C8H15N3O3. The van der Waals surface area contributed by atoms with Gasteiger partial charge in [0.2, 0.25) is 0 Å². The van der Waals surface area contributed by atoms with Gasteiger partial charge in [0.25, 0.3) is 0 Å². The Hall–Kier alpha value is -0.810. The molecular weight excluding hydrogens is 186 g/mol. The van der Waals surface area contributed by atoms with Crippen LogP contribution in [0.25, 0.3) is 10.4 Å². The number of aliphatic hydroxyl groups is 1. The molecule has 2 aliphatic rings. The van der Waals surface area contributed by atoms with Crippen LogP contribution in [0.3, 0.4) is 0 Å². The molecule has 0 amide bonds. The van der Waals surface area contributed by atoms with Gasteiger partial charge in [0, 0.05) is 18.1 Å². The SMILES string of the molecule is O[C@H]1CCOC1.[N-]=[N+]=N[C@@H]1CCOC1. The van der Waals surface area contributed by atoms with Gasteiger partial charge >= 0.3 is 0 Å². The predicted octanol–water partition coefficient (Wildman–Crippen LogP) is 0.853. The van der Waals surface area contributed by atoms with E-state index in [4.69, 9.17) is 20.1 Å². The normalized spacial score (nSPS) is 30.4. The van der Waals surface area contributed by atoms with Crippen molar-refractivity contribution >= 4 is 0 Å². The fourth-order valence-electron chi connectivity index (χ4n) is 1.21.